The summed E-state index contributed by atoms with van der Waals surface area (Å²) in [5.74, 6) is 0. The van der Waals surface area contributed by atoms with Crippen LogP contribution in [0.1, 0.15) is 66.7 Å². The van der Waals surface area contributed by atoms with Crippen LogP contribution in [-0.2, 0) is 0 Å². The fourth-order valence-electron chi connectivity index (χ4n) is 2.11. The Morgan fingerprint density at radius 2 is 1.88 bits per heavy atom. The molecule has 0 aliphatic rings. The molecule has 17 heavy (non-hydrogen) atoms. The molecule has 1 unspecified atom stereocenters. The van der Waals surface area contributed by atoms with E-state index in [2.05, 4.69) is 52.3 Å². The maximum atomic E-state index is 3.76. The minimum atomic E-state index is 0.227. The van der Waals surface area contributed by atoms with Crippen LogP contribution < -0.4 is 0 Å². The van der Waals surface area contributed by atoms with Crippen molar-refractivity contribution >= 4 is 0 Å². The first-order valence-electron chi connectivity index (χ1n) is 7.07. The third kappa shape index (κ3) is 5.95. The number of nitrogens with zero attached hydrogens (tertiary/aromatic N) is 1. The molecular formula is C16H31N. The summed E-state index contributed by atoms with van der Waals surface area (Å²) in [6.45, 7) is 15.2. The van der Waals surface area contributed by atoms with E-state index in [1.165, 1.54) is 25.7 Å². The quantitative estimate of drug-likeness (QED) is 0.396. The fraction of sp³-hybridized carbons (Fsp3) is 0.750. The molecule has 0 spiro atoms. The molecule has 0 N–H and O–H groups in total. The second-order valence-electron chi connectivity index (χ2n) is 5.50. The topological polar surface area (TPSA) is 3.24 Å². The number of unbranched alkanes of at least 4 members (excludes halogenated alkanes) is 2. The molecule has 0 aromatic carbocycles. The first-order valence-corrected chi connectivity index (χ1v) is 7.07. The second kappa shape index (κ2) is 8.38. The van der Waals surface area contributed by atoms with Gasteiger partial charge in [-0.3, -0.25) is 0 Å². The zero-order valence-electron chi connectivity index (χ0n) is 12.5. The molecule has 1 atom stereocenters. The van der Waals surface area contributed by atoms with Crippen LogP contribution in [-0.4, -0.2) is 16.5 Å². The Labute approximate surface area is 109 Å². The van der Waals surface area contributed by atoms with Gasteiger partial charge in [0.05, 0.1) is 0 Å². The maximum Gasteiger partial charge on any atom is 0.0340 e. The highest BCUT2D eigenvalue weighted by molar-refractivity contribution is 5.01. The van der Waals surface area contributed by atoms with Gasteiger partial charge in [0.25, 0.3) is 0 Å². The van der Waals surface area contributed by atoms with E-state index in [9.17, 15) is 0 Å². The average Bonchev–Trinajstić information content (AvgIpc) is 2.29. The number of allylic oxidation sites excluding steroid dienone is 2. The van der Waals surface area contributed by atoms with Crippen LogP contribution in [0.15, 0.2) is 24.9 Å². The third-order valence-corrected chi connectivity index (χ3v) is 3.65. The van der Waals surface area contributed by atoms with Crippen LogP contribution in [0.5, 0.6) is 0 Å². The molecule has 0 amide bonds. The summed E-state index contributed by atoms with van der Waals surface area (Å²) >= 11 is 0. The standard InChI is InChI=1S/C16H31N/c1-7-10-12-13-15(4)17(14-11-8-2)16(5,6)9-3/h8,11,14-15H,2,7,9-10,12-13H2,1,3-6H3. The van der Waals surface area contributed by atoms with Gasteiger partial charge in [0.15, 0.2) is 0 Å². The summed E-state index contributed by atoms with van der Waals surface area (Å²) < 4.78 is 0. The molecule has 0 saturated carbocycles. The van der Waals surface area contributed by atoms with Gasteiger partial charge in [0.2, 0.25) is 0 Å². The minimum absolute atomic E-state index is 0.227. The first-order chi connectivity index (χ1) is 7.99. The molecule has 1 heteroatoms. The summed E-state index contributed by atoms with van der Waals surface area (Å²) in [4.78, 5) is 2.49. The Morgan fingerprint density at radius 1 is 1.24 bits per heavy atom. The van der Waals surface area contributed by atoms with E-state index in [0.717, 1.165) is 6.42 Å². The number of hydrogen-bond donors (Lipinski definition) is 0. The van der Waals surface area contributed by atoms with Crippen LogP contribution >= 0.6 is 0 Å². The SMILES string of the molecule is C=CC=CN(C(C)CCCCC)C(C)(C)CC. The van der Waals surface area contributed by atoms with Gasteiger partial charge in [-0.15, -0.1) is 0 Å². The smallest absolute Gasteiger partial charge is 0.0340 e. The predicted molar refractivity (Wildman–Crippen MR) is 79.2 cm³/mol. The monoisotopic (exact) mass is 237 g/mol. The largest absolute Gasteiger partial charge is 0.370 e. The third-order valence-electron chi connectivity index (χ3n) is 3.65. The van der Waals surface area contributed by atoms with E-state index in [1.54, 1.807) is 0 Å². The summed E-state index contributed by atoms with van der Waals surface area (Å²) in [7, 11) is 0. The van der Waals surface area contributed by atoms with E-state index in [1.807, 2.05) is 12.2 Å². The van der Waals surface area contributed by atoms with Gasteiger partial charge < -0.3 is 4.90 Å². The molecule has 0 aliphatic heterocycles. The van der Waals surface area contributed by atoms with Gasteiger partial charge in [-0.05, 0) is 45.9 Å². The molecule has 0 aromatic heterocycles. The molecule has 0 saturated heterocycles. The van der Waals surface area contributed by atoms with Gasteiger partial charge in [0, 0.05) is 11.6 Å². The van der Waals surface area contributed by atoms with Crippen molar-refractivity contribution in [1.82, 2.24) is 4.90 Å². The lowest BCUT2D eigenvalue weighted by molar-refractivity contribution is 0.125. The van der Waals surface area contributed by atoms with E-state index >= 15 is 0 Å². The Balaban J connectivity index is 4.56. The van der Waals surface area contributed by atoms with E-state index in [4.69, 9.17) is 0 Å². The first kappa shape index (κ1) is 16.3. The van der Waals surface area contributed by atoms with Gasteiger partial charge in [-0.2, -0.15) is 0 Å². The average molecular weight is 237 g/mol. The highest BCUT2D eigenvalue weighted by atomic mass is 15.2. The summed E-state index contributed by atoms with van der Waals surface area (Å²) in [5, 5.41) is 0. The Hall–Kier alpha value is -0.720. The van der Waals surface area contributed by atoms with Gasteiger partial charge in [-0.25, -0.2) is 0 Å². The van der Waals surface area contributed by atoms with Crippen molar-refractivity contribution in [3.63, 3.8) is 0 Å². The highest BCUT2D eigenvalue weighted by Crippen LogP contribution is 2.24. The lowest BCUT2D eigenvalue weighted by Crippen LogP contribution is -2.45. The predicted octanol–water partition coefficient (Wildman–Crippen LogP) is 5.15. The number of hydrogen-bond acceptors (Lipinski definition) is 1. The van der Waals surface area contributed by atoms with Crippen molar-refractivity contribution in [2.45, 2.75) is 78.3 Å². The highest BCUT2D eigenvalue weighted by Gasteiger charge is 2.25. The molecular weight excluding hydrogens is 206 g/mol. The lowest BCUT2D eigenvalue weighted by atomic mass is 9.96. The van der Waals surface area contributed by atoms with E-state index < -0.39 is 0 Å². The second-order valence-corrected chi connectivity index (χ2v) is 5.50. The molecule has 1 nitrogen and oxygen atoms in total. The Morgan fingerprint density at radius 3 is 2.35 bits per heavy atom. The van der Waals surface area contributed by atoms with Crippen molar-refractivity contribution in [2.75, 3.05) is 0 Å². The van der Waals surface area contributed by atoms with Crippen molar-refractivity contribution in [3.8, 4) is 0 Å². The molecule has 0 aromatic rings. The maximum absolute atomic E-state index is 3.76. The molecule has 0 fully saturated rings. The van der Waals surface area contributed by atoms with Crippen molar-refractivity contribution in [2.24, 2.45) is 0 Å². The van der Waals surface area contributed by atoms with Crippen molar-refractivity contribution < 1.29 is 0 Å². The van der Waals surface area contributed by atoms with Gasteiger partial charge >= 0.3 is 0 Å². The van der Waals surface area contributed by atoms with Crippen LogP contribution in [0, 0.1) is 0 Å². The van der Waals surface area contributed by atoms with Crippen LogP contribution in [0.3, 0.4) is 0 Å². The summed E-state index contributed by atoms with van der Waals surface area (Å²) in [6.07, 6.45) is 12.5. The minimum Gasteiger partial charge on any atom is -0.370 e. The Kier molecular flexibility index (Phi) is 8.03. The van der Waals surface area contributed by atoms with E-state index in [0.29, 0.717) is 6.04 Å². The van der Waals surface area contributed by atoms with Crippen molar-refractivity contribution in [1.29, 1.82) is 0 Å². The molecule has 0 bridgehead atoms. The van der Waals surface area contributed by atoms with Gasteiger partial charge in [-0.1, -0.05) is 45.8 Å². The molecule has 0 aliphatic carbocycles. The van der Waals surface area contributed by atoms with E-state index in [-0.39, 0.29) is 5.54 Å². The zero-order chi connectivity index (χ0) is 13.3. The molecule has 0 radical (unpaired) electrons. The fourth-order valence-corrected chi connectivity index (χ4v) is 2.11. The lowest BCUT2D eigenvalue weighted by Gasteiger charge is -2.42. The summed E-state index contributed by atoms with van der Waals surface area (Å²) in [6, 6.07) is 0.604. The molecule has 0 rings (SSSR count). The number of rotatable bonds is 9. The molecule has 100 valence electrons. The van der Waals surface area contributed by atoms with Crippen LogP contribution in [0.2, 0.25) is 0 Å². The van der Waals surface area contributed by atoms with Gasteiger partial charge in [0.1, 0.15) is 0 Å². The normalized spacial score (nSPS) is 13.9. The Bertz CT molecular complexity index is 228. The van der Waals surface area contributed by atoms with Crippen molar-refractivity contribution in [3.05, 3.63) is 24.9 Å². The molecule has 0 heterocycles. The summed E-state index contributed by atoms with van der Waals surface area (Å²) in [5.41, 5.74) is 0.227. The zero-order valence-corrected chi connectivity index (χ0v) is 12.5. The van der Waals surface area contributed by atoms with Crippen LogP contribution in [0.4, 0.5) is 0 Å². The van der Waals surface area contributed by atoms with Crippen LogP contribution in [0.25, 0.3) is 0 Å².